The van der Waals surface area contributed by atoms with Crippen molar-refractivity contribution in [2.45, 2.75) is 5.16 Å². The Morgan fingerprint density at radius 2 is 1.97 bits per heavy atom. The van der Waals surface area contributed by atoms with Gasteiger partial charge in [0.2, 0.25) is 0 Å². The topological polar surface area (TPSA) is 98.2 Å². The van der Waals surface area contributed by atoms with E-state index in [2.05, 4.69) is 41.6 Å². The van der Waals surface area contributed by atoms with Crippen LogP contribution in [-0.4, -0.2) is 37.6 Å². The number of hydrogen-bond donors (Lipinski definition) is 1. The number of pyridine rings is 1. The number of carbonyl (C=O) groups is 1. The summed E-state index contributed by atoms with van der Waals surface area (Å²) in [5.74, 6) is 1.08. The van der Waals surface area contributed by atoms with Crippen molar-refractivity contribution in [2.75, 3.05) is 5.75 Å². The fourth-order valence-corrected chi connectivity index (χ4v) is 3.58. The largest absolute Gasteiger partial charge is 0.463 e. The van der Waals surface area contributed by atoms with E-state index in [-0.39, 0.29) is 11.7 Å². The number of nitrogens with zero attached hydrogens (tertiary/aromatic N) is 5. The summed E-state index contributed by atoms with van der Waals surface area (Å²) in [5, 5.41) is 13.1. The standard InChI is InChI=1S/C20H15BrN6O2S/c21-15-3-5-16(6-4-15)27-19(14-7-9-22-10-8-14)25-26-20(27)30-13-18(28)24-23-12-17-2-1-11-29-17/h1-12H,13H2,(H,24,28). The lowest BCUT2D eigenvalue weighted by atomic mass is 10.2. The number of aromatic nitrogens is 4. The van der Waals surface area contributed by atoms with Crippen molar-refractivity contribution in [3.05, 3.63) is 77.4 Å². The molecule has 0 saturated carbocycles. The second kappa shape index (κ2) is 9.51. The van der Waals surface area contributed by atoms with Crippen LogP contribution in [-0.2, 0) is 4.79 Å². The van der Waals surface area contributed by atoms with Crippen LogP contribution in [0.25, 0.3) is 17.1 Å². The van der Waals surface area contributed by atoms with Crippen LogP contribution in [0.4, 0.5) is 0 Å². The van der Waals surface area contributed by atoms with Crippen molar-refractivity contribution in [2.24, 2.45) is 5.10 Å². The number of amides is 1. The molecule has 0 spiro atoms. The number of hydrazone groups is 1. The summed E-state index contributed by atoms with van der Waals surface area (Å²) in [7, 11) is 0. The first-order valence-corrected chi connectivity index (χ1v) is 10.6. The molecule has 0 fully saturated rings. The third-order valence-corrected chi connectivity index (χ3v) is 5.37. The molecule has 0 radical (unpaired) electrons. The first-order valence-electron chi connectivity index (χ1n) is 8.80. The molecule has 0 bridgehead atoms. The number of halogens is 1. The number of nitrogens with one attached hydrogen (secondary N) is 1. The van der Waals surface area contributed by atoms with Gasteiger partial charge in [-0.3, -0.25) is 14.3 Å². The van der Waals surface area contributed by atoms with Gasteiger partial charge in [-0.2, -0.15) is 5.10 Å². The van der Waals surface area contributed by atoms with E-state index < -0.39 is 0 Å². The van der Waals surface area contributed by atoms with Gasteiger partial charge in [0, 0.05) is 28.1 Å². The van der Waals surface area contributed by atoms with E-state index in [9.17, 15) is 4.79 Å². The molecular formula is C20H15BrN6O2S. The molecule has 150 valence electrons. The predicted octanol–water partition coefficient (Wildman–Crippen LogP) is 3.93. The van der Waals surface area contributed by atoms with Crippen LogP contribution in [0.5, 0.6) is 0 Å². The molecule has 0 unspecified atom stereocenters. The highest BCUT2D eigenvalue weighted by molar-refractivity contribution is 9.10. The van der Waals surface area contributed by atoms with E-state index in [4.69, 9.17) is 4.42 Å². The van der Waals surface area contributed by atoms with E-state index in [1.54, 1.807) is 24.5 Å². The zero-order valence-corrected chi connectivity index (χ0v) is 17.9. The van der Waals surface area contributed by atoms with E-state index in [1.807, 2.05) is 41.0 Å². The third-order valence-electron chi connectivity index (χ3n) is 3.91. The van der Waals surface area contributed by atoms with Gasteiger partial charge in [-0.05, 0) is 48.5 Å². The van der Waals surface area contributed by atoms with Crippen LogP contribution in [0.15, 0.2) is 86.3 Å². The van der Waals surface area contributed by atoms with E-state index in [0.29, 0.717) is 16.7 Å². The van der Waals surface area contributed by atoms with Crippen molar-refractivity contribution in [3.63, 3.8) is 0 Å². The Balaban J connectivity index is 1.53. The normalized spacial score (nSPS) is 11.1. The van der Waals surface area contributed by atoms with Gasteiger partial charge < -0.3 is 4.42 Å². The van der Waals surface area contributed by atoms with Gasteiger partial charge in [0.15, 0.2) is 11.0 Å². The number of carbonyl (C=O) groups excluding carboxylic acids is 1. The van der Waals surface area contributed by atoms with Crippen LogP contribution in [0.1, 0.15) is 5.76 Å². The van der Waals surface area contributed by atoms with Crippen molar-refractivity contribution >= 4 is 39.8 Å². The Morgan fingerprint density at radius 1 is 1.17 bits per heavy atom. The number of thioether (sulfide) groups is 1. The first-order chi connectivity index (χ1) is 14.7. The molecule has 8 nitrogen and oxygen atoms in total. The maximum atomic E-state index is 12.2. The number of hydrogen-bond acceptors (Lipinski definition) is 7. The second-order valence-corrected chi connectivity index (χ2v) is 7.81. The highest BCUT2D eigenvalue weighted by Gasteiger charge is 2.17. The molecule has 1 aromatic carbocycles. The Labute approximate surface area is 184 Å². The minimum Gasteiger partial charge on any atom is -0.463 e. The molecule has 0 aliphatic heterocycles. The van der Waals surface area contributed by atoms with E-state index in [0.717, 1.165) is 15.7 Å². The molecule has 10 heteroatoms. The number of benzene rings is 1. The van der Waals surface area contributed by atoms with E-state index >= 15 is 0 Å². The molecule has 1 amide bonds. The van der Waals surface area contributed by atoms with Crippen molar-refractivity contribution < 1.29 is 9.21 Å². The number of furan rings is 1. The van der Waals surface area contributed by atoms with Crippen molar-refractivity contribution in [1.82, 2.24) is 25.2 Å². The highest BCUT2D eigenvalue weighted by Crippen LogP contribution is 2.28. The lowest BCUT2D eigenvalue weighted by Crippen LogP contribution is -2.19. The summed E-state index contributed by atoms with van der Waals surface area (Å²) in [5.41, 5.74) is 4.23. The summed E-state index contributed by atoms with van der Waals surface area (Å²) in [6, 6.07) is 15.0. The molecule has 30 heavy (non-hydrogen) atoms. The third kappa shape index (κ3) is 4.84. The maximum absolute atomic E-state index is 12.2. The van der Waals surface area contributed by atoms with Crippen LogP contribution in [0.3, 0.4) is 0 Å². The summed E-state index contributed by atoms with van der Waals surface area (Å²) >= 11 is 4.72. The molecule has 0 atom stereocenters. The Morgan fingerprint density at radius 3 is 2.70 bits per heavy atom. The molecule has 3 aromatic heterocycles. The molecule has 4 rings (SSSR count). The SMILES string of the molecule is O=C(CSc1nnc(-c2ccncc2)n1-c1ccc(Br)cc1)NN=Cc1ccco1. The summed E-state index contributed by atoms with van der Waals surface area (Å²) < 4.78 is 8.00. The van der Waals surface area contributed by atoms with Crippen LogP contribution in [0.2, 0.25) is 0 Å². The fraction of sp³-hybridized carbons (Fsp3) is 0.0500. The summed E-state index contributed by atoms with van der Waals surface area (Å²) in [4.78, 5) is 16.2. The molecular weight excluding hydrogens is 468 g/mol. The minimum absolute atomic E-state index is 0.125. The summed E-state index contributed by atoms with van der Waals surface area (Å²) in [6.45, 7) is 0. The van der Waals surface area contributed by atoms with Gasteiger partial charge in [0.25, 0.3) is 5.91 Å². The Bertz CT molecular complexity index is 1140. The highest BCUT2D eigenvalue weighted by atomic mass is 79.9. The lowest BCUT2D eigenvalue weighted by Gasteiger charge is -2.10. The van der Waals surface area contributed by atoms with Crippen LogP contribution < -0.4 is 5.43 Å². The molecule has 1 N–H and O–H groups in total. The minimum atomic E-state index is -0.265. The van der Waals surface area contributed by atoms with Gasteiger partial charge in [-0.1, -0.05) is 27.7 Å². The van der Waals surface area contributed by atoms with Crippen molar-refractivity contribution in [3.8, 4) is 17.1 Å². The monoisotopic (exact) mass is 482 g/mol. The van der Waals surface area contributed by atoms with Gasteiger partial charge >= 0.3 is 0 Å². The van der Waals surface area contributed by atoms with Crippen LogP contribution in [0, 0.1) is 0 Å². The summed E-state index contributed by atoms with van der Waals surface area (Å²) in [6.07, 6.45) is 6.38. The first kappa shape index (κ1) is 20.0. The quantitative estimate of drug-likeness (QED) is 0.243. The molecule has 3 heterocycles. The van der Waals surface area contributed by atoms with Gasteiger partial charge in [-0.15, -0.1) is 10.2 Å². The predicted molar refractivity (Wildman–Crippen MR) is 117 cm³/mol. The van der Waals surface area contributed by atoms with E-state index in [1.165, 1.54) is 24.2 Å². The molecule has 4 aromatic rings. The maximum Gasteiger partial charge on any atom is 0.250 e. The smallest absolute Gasteiger partial charge is 0.250 e. The van der Waals surface area contributed by atoms with Crippen LogP contribution >= 0.6 is 27.7 Å². The number of rotatable bonds is 7. The second-order valence-electron chi connectivity index (χ2n) is 5.95. The van der Waals surface area contributed by atoms with Gasteiger partial charge in [0.05, 0.1) is 18.2 Å². The molecule has 0 aliphatic rings. The lowest BCUT2D eigenvalue weighted by molar-refractivity contribution is -0.118. The van der Waals surface area contributed by atoms with Gasteiger partial charge in [-0.25, -0.2) is 5.43 Å². The van der Waals surface area contributed by atoms with Crippen molar-refractivity contribution in [1.29, 1.82) is 0 Å². The average Bonchev–Trinajstić information content (AvgIpc) is 3.43. The zero-order chi connectivity index (χ0) is 20.8. The average molecular weight is 483 g/mol. The molecule has 0 saturated heterocycles. The zero-order valence-electron chi connectivity index (χ0n) is 15.5. The fourth-order valence-electron chi connectivity index (χ4n) is 2.57. The Kier molecular flexibility index (Phi) is 6.35. The van der Waals surface area contributed by atoms with Gasteiger partial charge in [0.1, 0.15) is 5.76 Å². The Hall–Kier alpha value is -3.24. The molecule has 0 aliphatic carbocycles.